The Morgan fingerprint density at radius 3 is 2.22 bits per heavy atom. The lowest BCUT2D eigenvalue weighted by Crippen LogP contribution is -2.25. The van der Waals surface area contributed by atoms with E-state index in [4.69, 9.17) is 15.0 Å². The molecule has 3 N–H and O–H groups in total. The second kappa shape index (κ2) is 12.4. The molecule has 0 bridgehead atoms. The third-order valence-electron chi connectivity index (χ3n) is 2.47. The summed E-state index contributed by atoms with van der Waals surface area (Å²) in [6, 6.07) is 1.45. The molecule has 0 atom stereocenters. The number of hydrogen-bond donors (Lipinski definition) is 3. The Bertz CT molecular complexity index is 659. The maximum Gasteiger partial charge on any atom is 0.490 e. The molecule has 0 aliphatic carbocycles. The number of carbonyl (C=O) groups excluding carboxylic acids is 1. The van der Waals surface area contributed by atoms with Crippen molar-refractivity contribution in [2.24, 2.45) is 0 Å². The van der Waals surface area contributed by atoms with Gasteiger partial charge in [0, 0.05) is 29.8 Å². The van der Waals surface area contributed by atoms with Crippen LogP contribution in [0.2, 0.25) is 0 Å². The van der Waals surface area contributed by atoms with E-state index in [9.17, 15) is 27.2 Å². The summed E-state index contributed by atoms with van der Waals surface area (Å²) in [4.78, 5) is 34.4. The highest BCUT2D eigenvalue weighted by Gasteiger charge is 2.38. The number of aromatic nitrogens is 1. The molecular formula is C14H16F4N2O5S2. The minimum atomic E-state index is -5.08. The second-order valence-electron chi connectivity index (χ2n) is 4.68. The molecule has 13 heteroatoms. The smallest absolute Gasteiger partial charge is 0.481 e. The maximum absolute atomic E-state index is 13.0. The second-order valence-corrected chi connectivity index (χ2v) is 7.38. The Balaban J connectivity index is 0.000000821. The first-order valence-electron chi connectivity index (χ1n) is 7.11. The average molecular weight is 432 g/mol. The minimum Gasteiger partial charge on any atom is -0.481 e. The number of halogens is 4. The Morgan fingerprint density at radius 1 is 1.19 bits per heavy atom. The molecule has 1 aromatic heterocycles. The van der Waals surface area contributed by atoms with Crippen LogP contribution in [-0.2, 0) is 9.59 Å². The lowest BCUT2D eigenvalue weighted by Gasteiger charge is -2.05. The van der Waals surface area contributed by atoms with Gasteiger partial charge in [0.15, 0.2) is 0 Å². The molecule has 0 unspecified atom stereocenters. The number of amides is 1. The molecule has 0 radical (unpaired) electrons. The zero-order valence-electron chi connectivity index (χ0n) is 13.9. The normalized spacial score (nSPS) is 10.6. The summed E-state index contributed by atoms with van der Waals surface area (Å²) in [5.41, 5.74) is 0.656. The zero-order valence-corrected chi connectivity index (χ0v) is 15.5. The molecule has 0 spiro atoms. The molecule has 0 aromatic carbocycles. The summed E-state index contributed by atoms with van der Waals surface area (Å²) >= 11 is 0. The highest BCUT2D eigenvalue weighted by atomic mass is 33.1. The number of nitrogens with zero attached hydrogens (tertiary/aromatic N) is 1. The lowest BCUT2D eigenvalue weighted by molar-refractivity contribution is -0.192. The Kier molecular flexibility index (Phi) is 11.5. The number of nitrogens with one attached hydrogen (secondary N) is 1. The van der Waals surface area contributed by atoms with E-state index >= 15 is 0 Å². The van der Waals surface area contributed by atoms with Gasteiger partial charge in [-0.2, -0.15) is 17.6 Å². The molecule has 0 saturated carbocycles. The van der Waals surface area contributed by atoms with E-state index in [0.29, 0.717) is 29.2 Å². The van der Waals surface area contributed by atoms with E-state index in [2.05, 4.69) is 10.3 Å². The quantitative estimate of drug-likeness (QED) is 0.249. The summed E-state index contributed by atoms with van der Waals surface area (Å²) in [6.45, 7) is 2.01. The van der Waals surface area contributed by atoms with Crippen LogP contribution in [0.1, 0.15) is 22.3 Å². The third-order valence-corrected chi connectivity index (χ3v) is 4.88. The van der Waals surface area contributed by atoms with Crippen LogP contribution in [0.3, 0.4) is 0 Å². The van der Waals surface area contributed by atoms with Gasteiger partial charge in [0.05, 0.1) is 12.0 Å². The molecule has 152 valence electrons. The summed E-state index contributed by atoms with van der Waals surface area (Å²) in [7, 11) is 2.96. The van der Waals surface area contributed by atoms with Crippen LogP contribution in [0.4, 0.5) is 17.6 Å². The van der Waals surface area contributed by atoms with Crippen molar-refractivity contribution < 1.29 is 42.2 Å². The number of alkyl halides is 3. The van der Waals surface area contributed by atoms with E-state index in [1.807, 2.05) is 0 Å². The summed E-state index contributed by atoms with van der Waals surface area (Å²) in [5.74, 6) is -3.24. The number of hydrogen-bond acceptors (Lipinski definition) is 6. The number of rotatable bonds is 8. The van der Waals surface area contributed by atoms with Crippen LogP contribution in [0, 0.1) is 12.9 Å². The van der Waals surface area contributed by atoms with Crippen molar-refractivity contribution in [3.63, 3.8) is 0 Å². The average Bonchev–Trinajstić information content (AvgIpc) is 2.55. The van der Waals surface area contributed by atoms with Crippen molar-refractivity contribution in [1.29, 1.82) is 0 Å². The predicted octanol–water partition coefficient (Wildman–Crippen LogP) is 2.75. The fourth-order valence-corrected chi connectivity index (χ4v) is 3.12. The van der Waals surface area contributed by atoms with Crippen molar-refractivity contribution in [3.8, 4) is 0 Å². The number of aryl methyl sites for hydroxylation is 1. The Hall–Kier alpha value is -2.02. The molecule has 1 amide bonds. The van der Waals surface area contributed by atoms with Crippen molar-refractivity contribution in [1.82, 2.24) is 10.3 Å². The molecule has 0 saturated heterocycles. The number of carboxylic acid groups (broad SMARTS) is 2. The monoisotopic (exact) mass is 432 g/mol. The Labute approximate surface area is 159 Å². The first-order chi connectivity index (χ1) is 12.4. The molecule has 0 aliphatic rings. The van der Waals surface area contributed by atoms with Crippen LogP contribution < -0.4 is 5.32 Å². The SMILES string of the molecule is Cc1cc(C(=O)NCCSSCCC(=O)O)cnc1F.O=C(O)C(F)(F)F. The van der Waals surface area contributed by atoms with Crippen LogP contribution in [0.25, 0.3) is 0 Å². The molecule has 1 heterocycles. The molecular weight excluding hydrogens is 416 g/mol. The fraction of sp³-hybridized carbons (Fsp3) is 0.429. The van der Waals surface area contributed by atoms with Gasteiger partial charge in [0.25, 0.3) is 5.91 Å². The molecule has 27 heavy (non-hydrogen) atoms. The third kappa shape index (κ3) is 12.1. The van der Waals surface area contributed by atoms with Gasteiger partial charge in [-0.3, -0.25) is 9.59 Å². The molecule has 0 fully saturated rings. The van der Waals surface area contributed by atoms with E-state index in [0.717, 1.165) is 0 Å². The molecule has 1 rings (SSSR count). The van der Waals surface area contributed by atoms with Crippen molar-refractivity contribution in [2.75, 3.05) is 18.1 Å². The first kappa shape index (κ1) is 25.0. The molecule has 7 nitrogen and oxygen atoms in total. The van der Waals surface area contributed by atoms with E-state index in [1.54, 1.807) is 6.92 Å². The molecule has 0 aliphatic heterocycles. The standard InChI is InChI=1S/C12H15FN2O3S2.C2HF3O2/c1-8-6-9(7-15-11(8)13)12(18)14-3-5-20-19-4-2-10(16)17;3-2(4,5)1(6)7/h6-7H,2-5H2,1H3,(H,14,18)(H,16,17);(H,6,7). The van der Waals surface area contributed by atoms with Crippen LogP contribution in [-0.4, -0.2) is 57.3 Å². The van der Waals surface area contributed by atoms with Gasteiger partial charge in [-0.1, -0.05) is 21.6 Å². The van der Waals surface area contributed by atoms with Gasteiger partial charge in [0.1, 0.15) is 0 Å². The van der Waals surface area contributed by atoms with Gasteiger partial charge in [-0.15, -0.1) is 0 Å². The number of carboxylic acids is 2. The van der Waals surface area contributed by atoms with Crippen molar-refractivity contribution >= 4 is 39.4 Å². The van der Waals surface area contributed by atoms with Gasteiger partial charge >= 0.3 is 18.1 Å². The highest BCUT2D eigenvalue weighted by Crippen LogP contribution is 2.21. The van der Waals surface area contributed by atoms with Crippen LogP contribution in [0.15, 0.2) is 12.3 Å². The fourth-order valence-electron chi connectivity index (χ4n) is 1.24. The number of carbonyl (C=O) groups is 3. The summed E-state index contributed by atoms with van der Waals surface area (Å²) in [6.07, 6.45) is -3.75. The van der Waals surface area contributed by atoms with Crippen LogP contribution >= 0.6 is 21.6 Å². The largest absolute Gasteiger partial charge is 0.490 e. The van der Waals surface area contributed by atoms with E-state index in [-0.39, 0.29) is 12.3 Å². The van der Waals surface area contributed by atoms with Gasteiger partial charge in [-0.25, -0.2) is 9.78 Å². The minimum absolute atomic E-state index is 0.130. The Morgan fingerprint density at radius 2 is 1.74 bits per heavy atom. The summed E-state index contributed by atoms with van der Waals surface area (Å²) < 4.78 is 44.7. The summed E-state index contributed by atoms with van der Waals surface area (Å²) in [5, 5.41) is 18.3. The van der Waals surface area contributed by atoms with Gasteiger partial charge < -0.3 is 15.5 Å². The van der Waals surface area contributed by atoms with Gasteiger partial charge in [-0.05, 0) is 13.0 Å². The highest BCUT2D eigenvalue weighted by molar-refractivity contribution is 8.76. The first-order valence-corrected chi connectivity index (χ1v) is 9.60. The number of aliphatic carboxylic acids is 2. The van der Waals surface area contributed by atoms with E-state index in [1.165, 1.54) is 33.9 Å². The molecule has 1 aromatic rings. The predicted molar refractivity (Wildman–Crippen MR) is 92.1 cm³/mol. The maximum atomic E-state index is 13.0. The zero-order chi connectivity index (χ0) is 21.0. The van der Waals surface area contributed by atoms with Crippen molar-refractivity contribution in [2.45, 2.75) is 19.5 Å². The van der Waals surface area contributed by atoms with Gasteiger partial charge in [0.2, 0.25) is 5.95 Å². The van der Waals surface area contributed by atoms with E-state index < -0.39 is 24.1 Å². The van der Waals surface area contributed by atoms with Crippen LogP contribution in [0.5, 0.6) is 0 Å². The number of pyridine rings is 1. The van der Waals surface area contributed by atoms with Crippen molar-refractivity contribution in [3.05, 3.63) is 29.3 Å². The lowest BCUT2D eigenvalue weighted by atomic mass is 10.2. The topological polar surface area (TPSA) is 117 Å².